The first-order valence-electron chi connectivity index (χ1n) is 10.4. The number of halogens is 2. The highest BCUT2D eigenvalue weighted by atomic mass is 35.5. The number of hydrogen-bond acceptors (Lipinski definition) is 7. The van der Waals surface area contributed by atoms with Gasteiger partial charge >= 0.3 is 0 Å². The molecule has 1 radical (unpaired) electrons. The molecule has 11 heteroatoms. The smallest absolute Gasteiger partial charge is 0.287 e. The Morgan fingerprint density at radius 1 is 1.00 bits per heavy atom. The van der Waals surface area contributed by atoms with E-state index in [4.69, 9.17) is 28.2 Å². The van der Waals surface area contributed by atoms with Crippen LogP contribution in [-0.2, 0) is 0 Å². The van der Waals surface area contributed by atoms with Gasteiger partial charge in [-0.1, -0.05) is 29.3 Å². The Balaban J connectivity index is 1.45. The van der Waals surface area contributed by atoms with E-state index in [1.807, 2.05) is 24.3 Å². The standard InChI is InChI=1S/C24H16Cl2N7O2/c25-15-2-4-17(19(26)10-15)24-18(14-1-5-20-21(9-14)31-13-30-20)12-29-23(32-24)7-8-27-22-6-3-16(11-28-22)33(34)35/h1-7,9-13H,8H2,(H,27,28)(H,30,31). The van der Waals surface area contributed by atoms with Crippen molar-refractivity contribution in [2.24, 2.45) is 0 Å². The van der Waals surface area contributed by atoms with Crippen LogP contribution < -0.4 is 5.32 Å². The maximum absolute atomic E-state index is 10.8. The Kier molecular flexibility index (Phi) is 6.26. The van der Waals surface area contributed by atoms with Gasteiger partial charge in [0.15, 0.2) is 0 Å². The number of hydrogen-bond donors (Lipinski definition) is 2. The van der Waals surface area contributed by atoms with Crippen molar-refractivity contribution in [3.63, 3.8) is 0 Å². The molecule has 2 N–H and O–H groups in total. The highest BCUT2D eigenvalue weighted by Crippen LogP contribution is 2.36. The molecule has 0 spiro atoms. The number of aromatic amines is 1. The molecule has 173 valence electrons. The van der Waals surface area contributed by atoms with Crippen LogP contribution in [-0.4, -0.2) is 36.4 Å². The molecule has 0 fully saturated rings. The van der Waals surface area contributed by atoms with Crippen LogP contribution in [0.5, 0.6) is 0 Å². The summed E-state index contributed by atoms with van der Waals surface area (Å²) in [5.74, 6) is 0.974. The average Bonchev–Trinajstić information content (AvgIpc) is 3.32. The molecule has 5 aromatic rings. The number of nitrogens with one attached hydrogen (secondary N) is 2. The monoisotopic (exact) mass is 504 g/mol. The number of rotatable bonds is 7. The summed E-state index contributed by atoms with van der Waals surface area (Å²) in [6.45, 7) is 0.358. The van der Waals surface area contributed by atoms with Crippen LogP contribution in [0.25, 0.3) is 33.4 Å². The van der Waals surface area contributed by atoms with Gasteiger partial charge in [0.1, 0.15) is 17.8 Å². The van der Waals surface area contributed by atoms with Crippen LogP contribution in [0, 0.1) is 16.5 Å². The predicted octanol–water partition coefficient (Wildman–Crippen LogP) is 5.96. The zero-order valence-corrected chi connectivity index (χ0v) is 19.5. The van der Waals surface area contributed by atoms with Crippen molar-refractivity contribution < 1.29 is 4.92 Å². The molecule has 0 unspecified atom stereocenters. The van der Waals surface area contributed by atoms with E-state index in [1.165, 1.54) is 12.3 Å². The molecule has 0 aliphatic rings. The number of pyridine rings is 1. The van der Waals surface area contributed by atoms with Crippen LogP contribution in [0.4, 0.5) is 11.5 Å². The lowest BCUT2D eigenvalue weighted by Crippen LogP contribution is -2.08. The van der Waals surface area contributed by atoms with Gasteiger partial charge in [-0.05, 0) is 42.0 Å². The van der Waals surface area contributed by atoms with E-state index in [9.17, 15) is 10.1 Å². The summed E-state index contributed by atoms with van der Waals surface area (Å²) < 4.78 is 0. The summed E-state index contributed by atoms with van der Waals surface area (Å²) in [5.41, 5.74) is 4.73. The maximum atomic E-state index is 10.8. The zero-order valence-electron chi connectivity index (χ0n) is 17.9. The van der Waals surface area contributed by atoms with E-state index in [2.05, 4.69) is 25.3 Å². The number of nitrogens with zero attached hydrogens (tertiary/aromatic N) is 5. The lowest BCUT2D eigenvalue weighted by Gasteiger charge is -2.13. The Labute approximate surface area is 209 Å². The molecule has 0 amide bonds. The summed E-state index contributed by atoms with van der Waals surface area (Å²) in [6.07, 6.45) is 6.38. The van der Waals surface area contributed by atoms with E-state index in [0.29, 0.717) is 33.9 Å². The predicted molar refractivity (Wildman–Crippen MR) is 135 cm³/mol. The van der Waals surface area contributed by atoms with Crippen LogP contribution in [0.15, 0.2) is 67.3 Å². The van der Waals surface area contributed by atoms with Crippen molar-refractivity contribution in [1.82, 2.24) is 24.9 Å². The number of anilines is 1. The second kappa shape index (κ2) is 9.65. The van der Waals surface area contributed by atoms with Crippen LogP contribution in [0.1, 0.15) is 5.82 Å². The Morgan fingerprint density at radius 2 is 1.89 bits per heavy atom. The van der Waals surface area contributed by atoms with Crippen molar-refractivity contribution in [3.8, 4) is 22.4 Å². The minimum absolute atomic E-state index is 0.0732. The van der Waals surface area contributed by atoms with Gasteiger partial charge in [-0.2, -0.15) is 0 Å². The number of benzene rings is 2. The number of fused-ring (bicyclic) bond motifs is 1. The average molecular weight is 505 g/mol. The topological polar surface area (TPSA) is 123 Å². The molecule has 5 rings (SSSR count). The number of H-pyrrole nitrogens is 1. The molecule has 9 nitrogen and oxygen atoms in total. The molecular formula is C24H16Cl2N7O2. The van der Waals surface area contributed by atoms with Crippen LogP contribution >= 0.6 is 23.2 Å². The molecule has 0 aliphatic heterocycles. The molecule has 35 heavy (non-hydrogen) atoms. The normalized spacial score (nSPS) is 11.0. The molecule has 0 atom stereocenters. The molecule has 3 heterocycles. The summed E-state index contributed by atoms with van der Waals surface area (Å²) in [4.78, 5) is 31.0. The minimum Gasteiger partial charge on any atom is -0.369 e. The van der Waals surface area contributed by atoms with Gasteiger partial charge in [0.25, 0.3) is 5.69 Å². The third kappa shape index (κ3) is 4.91. The fourth-order valence-corrected chi connectivity index (χ4v) is 4.03. The molecule has 3 aromatic heterocycles. The quantitative estimate of drug-likeness (QED) is 0.207. The molecule has 2 aromatic carbocycles. The number of aromatic nitrogens is 5. The summed E-state index contributed by atoms with van der Waals surface area (Å²) in [5, 5.41) is 14.9. The van der Waals surface area contributed by atoms with Crippen molar-refractivity contribution in [2.75, 3.05) is 11.9 Å². The summed E-state index contributed by atoms with van der Waals surface area (Å²) >= 11 is 12.6. The van der Waals surface area contributed by atoms with Crippen molar-refractivity contribution in [2.45, 2.75) is 0 Å². The van der Waals surface area contributed by atoms with Gasteiger partial charge in [-0.3, -0.25) is 10.1 Å². The maximum Gasteiger partial charge on any atom is 0.287 e. The van der Waals surface area contributed by atoms with Gasteiger partial charge in [0, 0.05) is 41.4 Å². The van der Waals surface area contributed by atoms with E-state index < -0.39 is 4.92 Å². The van der Waals surface area contributed by atoms with E-state index in [1.54, 1.807) is 37.1 Å². The lowest BCUT2D eigenvalue weighted by atomic mass is 10.00. The molecule has 0 bridgehead atoms. The fourth-order valence-electron chi connectivity index (χ4n) is 3.54. The second-order valence-corrected chi connectivity index (χ2v) is 8.34. The molecule has 0 aliphatic carbocycles. The fraction of sp³-hybridized carbons (Fsp3) is 0.0417. The van der Waals surface area contributed by atoms with Crippen LogP contribution in [0.3, 0.4) is 0 Å². The van der Waals surface area contributed by atoms with Crippen LogP contribution in [0.2, 0.25) is 10.0 Å². The number of imidazole rings is 1. The van der Waals surface area contributed by atoms with E-state index in [0.717, 1.165) is 27.7 Å². The van der Waals surface area contributed by atoms with Gasteiger partial charge in [0.2, 0.25) is 0 Å². The van der Waals surface area contributed by atoms with E-state index in [-0.39, 0.29) is 5.69 Å². The second-order valence-electron chi connectivity index (χ2n) is 7.49. The van der Waals surface area contributed by atoms with Gasteiger partial charge in [0.05, 0.1) is 33.0 Å². The number of nitro groups is 1. The first-order valence-corrected chi connectivity index (χ1v) is 11.2. The van der Waals surface area contributed by atoms with Gasteiger partial charge < -0.3 is 10.3 Å². The zero-order chi connectivity index (χ0) is 24.4. The Bertz CT molecular complexity index is 1540. The van der Waals surface area contributed by atoms with Gasteiger partial charge in [-0.15, -0.1) is 0 Å². The van der Waals surface area contributed by atoms with Crippen molar-refractivity contribution >= 4 is 45.7 Å². The third-order valence-electron chi connectivity index (χ3n) is 5.25. The first kappa shape index (κ1) is 22.7. The highest BCUT2D eigenvalue weighted by molar-refractivity contribution is 6.36. The third-order valence-corrected chi connectivity index (χ3v) is 5.80. The van der Waals surface area contributed by atoms with Gasteiger partial charge in [-0.25, -0.2) is 19.9 Å². The summed E-state index contributed by atoms with van der Waals surface area (Å²) in [6, 6.07) is 14.1. The highest BCUT2D eigenvalue weighted by Gasteiger charge is 2.16. The van der Waals surface area contributed by atoms with Crippen molar-refractivity contribution in [3.05, 3.63) is 99.7 Å². The lowest BCUT2D eigenvalue weighted by molar-refractivity contribution is -0.385. The van der Waals surface area contributed by atoms with Crippen molar-refractivity contribution in [1.29, 1.82) is 0 Å². The first-order chi connectivity index (χ1) is 17.0. The molecular weight excluding hydrogens is 489 g/mol. The minimum atomic E-state index is -0.494. The summed E-state index contributed by atoms with van der Waals surface area (Å²) in [7, 11) is 0. The largest absolute Gasteiger partial charge is 0.369 e. The van der Waals surface area contributed by atoms with E-state index >= 15 is 0 Å². The molecule has 0 saturated carbocycles. The SMILES string of the molecule is O=[N+]([O-])c1ccc(NC[CH]c2ncc(-c3ccc4[nH]cnc4c3)c(-c3ccc(Cl)cc3Cl)n2)nc1. The molecule has 0 saturated heterocycles. The Hall–Kier alpha value is -4.08. The Morgan fingerprint density at radius 3 is 2.66 bits per heavy atom.